The lowest BCUT2D eigenvalue weighted by Crippen LogP contribution is -2.46. The van der Waals surface area contributed by atoms with Gasteiger partial charge in [-0.1, -0.05) is 0 Å². The second kappa shape index (κ2) is 4.65. The second-order valence-corrected chi connectivity index (χ2v) is 4.76. The van der Waals surface area contributed by atoms with E-state index in [4.69, 9.17) is 0 Å². The van der Waals surface area contributed by atoms with E-state index < -0.39 is 23.5 Å². The van der Waals surface area contributed by atoms with Crippen LogP contribution in [0.5, 0.6) is 0 Å². The van der Waals surface area contributed by atoms with Crippen LogP contribution in [-0.2, 0) is 0 Å². The van der Waals surface area contributed by atoms with Gasteiger partial charge in [0.2, 0.25) is 0 Å². The van der Waals surface area contributed by atoms with Crippen LogP contribution in [0.4, 0.5) is 9.18 Å². The first-order chi connectivity index (χ1) is 7.73. The summed E-state index contributed by atoms with van der Waals surface area (Å²) in [6, 6.07) is -0.534. The molecule has 1 aromatic heterocycles. The van der Waals surface area contributed by atoms with Crippen LogP contribution < -0.4 is 0 Å². The Morgan fingerprint density at radius 2 is 1.88 bits per heavy atom. The summed E-state index contributed by atoms with van der Waals surface area (Å²) in [6.45, 7) is 7.01. The van der Waals surface area contributed by atoms with E-state index in [1.165, 1.54) is 4.90 Å². The number of nitrogens with zero attached hydrogens (tertiary/aromatic N) is 3. The van der Waals surface area contributed by atoms with Crippen LogP contribution in [0, 0.1) is 5.82 Å². The fourth-order valence-electron chi connectivity index (χ4n) is 1.69. The van der Waals surface area contributed by atoms with Gasteiger partial charge < -0.3 is 5.11 Å². The zero-order chi connectivity index (χ0) is 13.2. The number of carbonyl (C=O) groups is 1. The average Bonchev–Trinajstić information content (AvgIpc) is 2.15. The van der Waals surface area contributed by atoms with Gasteiger partial charge in [-0.15, -0.1) is 0 Å². The van der Waals surface area contributed by atoms with Crippen molar-refractivity contribution < 1.29 is 14.3 Å². The molecule has 0 aliphatic rings. The van der Waals surface area contributed by atoms with E-state index >= 15 is 0 Å². The molecule has 1 aromatic rings. The average molecular weight is 241 g/mol. The van der Waals surface area contributed by atoms with Crippen LogP contribution in [0.15, 0.2) is 12.4 Å². The summed E-state index contributed by atoms with van der Waals surface area (Å²) in [6.07, 6.45) is 1.00. The first-order valence-electron chi connectivity index (χ1n) is 5.23. The van der Waals surface area contributed by atoms with Gasteiger partial charge in [0.25, 0.3) is 0 Å². The maximum absolute atomic E-state index is 12.7. The Bertz CT molecular complexity index is 400. The Morgan fingerprint density at radius 1 is 1.41 bits per heavy atom. The first kappa shape index (κ1) is 13.3. The van der Waals surface area contributed by atoms with Gasteiger partial charge in [0.15, 0.2) is 11.6 Å². The Labute approximate surface area is 99.3 Å². The predicted molar refractivity (Wildman–Crippen MR) is 60.0 cm³/mol. The molecular weight excluding hydrogens is 225 g/mol. The van der Waals surface area contributed by atoms with Gasteiger partial charge in [0, 0.05) is 5.54 Å². The van der Waals surface area contributed by atoms with E-state index in [2.05, 4.69) is 9.97 Å². The molecule has 0 radical (unpaired) electrons. The van der Waals surface area contributed by atoms with E-state index in [-0.39, 0.29) is 5.82 Å². The molecule has 0 bridgehead atoms. The summed E-state index contributed by atoms with van der Waals surface area (Å²) >= 11 is 0. The summed E-state index contributed by atoms with van der Waals surface area (Å²) in [5.41, 5.74) is -0.580. The van der Waals surface area contributed by atoms with E-state index in [0.717, 1.165) is 12.4 Å². The maximum atomic E-state index is 12.7. The second-order valence-electron chi connectivity index (χ2n) is 4.76. The maximum Gasteiger partial charge on any atom is 0.408 e. The smallest absolute Gasteiger partial charge is 0.408 e. The summed E-state index contributed by atoms with van der Waals surface area (Å²) in [5, 5.41) is 9.19. The highest BCUT2D eigenvalue weighted by atomic mass is 19.1. The van der Waals surface area contributed by atoms with Crippen molar-refractivity contribution >= 4 is 6.09 Å². The monoisotopic (exact) mass is 241 g/mol. The predicted octanol–water partition coefficient (Wildman–Crippen LogP) is 2.46. The Morgan fingerprint density at radius 3 is 2.24 bits per heavy atom. The number of amides is 1. The summed E-state index contributed by atoms with van der Waals surface area (Å²) in [7, 11) is 0. The molecule has 0 saturated heterocycles. The summed E-state index contributed by atoms with van der Waals surface area (Å²) in [5.74, 6) is -0.262. The normalized spacial score (nSPS) is 13.2. The van der Waals surface area contributed by atoms with Crippen LogP contribution >= 0.6 is 0 Å². The van der Waals surface area contributed by atoms with E-state index in [9.17, 15) is 14.3 Å². The van der Waals surface area contributed by atoms with Crippen LogP contribution in [0.3, 0.4) is 0 Å². The molecule has 0 aliphatic carbocycles. The minimum Gasteiger partial charge on any atom is -0.465 e. The van der Waals surface area contributed by atoms with Gasteiger partial charge in [0.1, 0.15) is 0 Å². The van der Waals surface area contributed by atoms with Crippen molar-refractivity contribution in [2.45, 2.75) is 39.3 Å². The molecule has 6 heteroatoms. The summed E-state index contributed by atoms with van der Waals surface area (Å²) < 4.78 is 12.7. The van der Waals surface area contributed by atoms with Crippen molar-refractivity contribution in [2.75, 3.05) is 0 Å². The Kier molecular flexibility index (Phi) is 3.65. The van der Waals surface area contributed by atoms with Crippen LogP contribution in [0.1, 0.15) is 39.6 Å². The molecule has 17 heavy (non-hydrogen) atoms. The highest BCUT2D eigenvalue weighted by molar-refractivity contribution is 5.66. The Balaban J connectivity index is 3.04. The molecule has 0 fully saturated rings. The number of hydrogen-bond acceptors (Lipinski definition) is 3. The molecule has 0 unspecified atom stereocenters. The van der Waals surface area contributed by atoms with Crippen LogP contribution in [-0.4, -0.2) is 31.6 Å². The van der Waals surface area contributed by atoms with Gasteiger partial charge in [-0.3, -0.25) is 4.90 Å². The van der Waals surface area contributed by atoms with Crippen molar-refractivity contribution in [3.63, 3.8) is 0 Å². The number of aromatic nitrogens is 2. The van der Waals surface area contributed by atoms with Gasteiger partial charge in [0.05, 0.1) is 18.4 Å². The molecule has 94 valence electrons. The molecule has 1 atom stereocenters. The number of rotatable bonds is 2. The van der Waals surface area contributed by atoms with Crippen molar-refractivity contribution in [1.29, 1.82) is 0 Å². The lowest BCUT2D eigenvalue weighted by molar-refractivity contribution is 0.0726. The SMILES string of the molecule is C[C@@H](c1ncc(F)cn1)N(C(=O)O)C(C)(C)C. The van der Waals surface area contributed by atoms with Crippen molar-refractivity contribution in [1.82, 2.24) is 14.9 Å². The molecule has 0 aliphatic heterocycles. The fraction of sp³-hybridized carbons (Fsp3) is 0.545. The van der Waals surface area contributed by atoms with Crippen molar-refractivity contribution in [3.8, 4) is 0 Å². The van der Waals surface area contributed by atoms with Gasteiger partial charge >= 0.3 is 6.09 Å². The lowest BCUT2D eigenvalue weighted by Gasteiger charge is -2.37. The van der Waals surface area contributed by atoms with E-state index in [1.54, 1.807) is 27.7 Å². The zero-order valence-corrected chi connectivity index (χ0v) is 10.3. The molecule has 0 aromatic carbocycles. The molecule has 1 amide bonds. The van der Waals surface area contributed by atoms with Gasteiger partial charge in [-0.2, -0.15) is 0 Å². The van der Waals surface area contributed by atoms with E-state index in [1.807, 2.05) is 0 Å². The lowest BCUT2D eigenvalue weighted by atomic mass is 10.0. The minimum absolute atomic E-state index is 0.281. The van der Waals surface area contributed by atoms with Crippen LogP contribution in [0.25, 0.3) is 0 Å². The van der Waals surface area contributed by atoms with E-state index in [0.29, 0.717) is 0 Å². The van der Waals surface area contributed by atoms with Gasteiger partial charge in [-0.25, -0.2) is 19.2 Å². The third-order valence-corrected chi connectivity index (χ3v) is 2.33. The molecular formula is C11H16FN3O2. The highest BCUT2D eigenvalue weighted by Crippen LogP contribution is 2.25. The summed E-state index contributed by atoms with van der Waals surface area (Å²) in [4.78, 5) is 20.1. The van der Waals surface area contributed by atoms with Gasteiger partial charge in [-0.05, 0) is 27.7 Å². The van der Waals surface area contributed by atoms with Crippen molar-refractivity contribution in [2.24, 2.45) is 0 Å². The van der Waals surface area contributed by atoms with Crippen LogP contribution in [0.2, 0.25) is 0 Å². The standard InChI is InChI=1S/C11H16FN3O2/c1-7(9-13-5-8(12)6-14-9)15(10(16)17)11(2,3)4/h5-7H,1-4H3,(H,16,17)/t7-/m0/s1. The number of carboxylic acid groups (broad SMARTS) is 1. The highest BCUT2D eigenvalue weighted by Gasteiger charge is 2.32. The molecule has 5 nitrogen and oxygen atoms in total. The Hall–Kier alpha value is -1.72. The largest absolute Gasteiger partial charge is 0.465 e. The zero-order valence-electron chi connectivity index (χ0n) is 10.3. The third-order valence-electron chi connectivity index (χ3n) is 2.33. The quantitative estimate of drug-likeness (QED) is 0.863. The molecule has 1 rings (SSSR count). The number of hydrogen-bond donors (Lipinski definition) is 1. The number of halogens is 1. The minimum atomic E-state index is -1.06. The molecule has 0 spiro atoms. The first-order valence-corrected chi connectivity index (χ1v) is 5.23. The van der Waals surface area contributed by atoms with Crippen molar-refractivity contribution in [3.05, 3.63) is 24.0 Å². The topological polar surface area (TPSA) is 66.3 Å². The molecule has 1 heterocycles. The molecule has 0 saturated carbocycles. The fourth-order valence-corrected chi connectivity index (χ4v) is 1.69. The molecule has 1 N–H and O–H groups in total. The third kappa shape index (κ3) is 3.12.